The van der Waals surface area contributed by atoms with Crippen molar-refractivity contribution in [2.45, 2.75) is 24.0 Å². The second-order valence-corrected chi connectivity index (χ2v) is 7.37. The smallest absolute Gasteiger partial charge is 0.257 e. The Kier molecular flexibility index (Phi) is 4.13. The lowest BCUT2D eigenvalue weighted by Gasteiger charge is -2.21. The number of hydrogen-bond donors (Lipinski definition) is 2. The van der Waals surface area contributed by atoms with Gasteiger partial charge in [-0.1, -0.05) is 0 Å². The van der Waals surface area contributed by atoms with Crippen LogP contribution in [0, 0.1) is 0 Å². The summed E-state index contributed by atoms with van der Waals surface area (Å²) >= 11 is 0. The number of likely N-dealkylation sites (tertiary alicyclic amines) is 1. The maximum absolute atomic E-state index is 12.2. The number of benzene rings is 1. The van der Waals surface area contributed by atoms with Gasteiger partial charge >= 0.3 is 0 Å². The molecule has 1 aromatic carbocycles. The number of sulfonamides is 1. The van der Waals surface area contributed by atoms with E-state index in [0.717, 1.165) is 19.4 Å². The van der Waals surface area contributed by atoms with Gasteiger partial charge in [0.15, 0.2) is 0 Å². The Balaban J connectivity index is 2.02. The summed E-state index contributed by atoms with van der Waals surface area (Å²) in [6, 6.07) is 4.60. The maximum Gasteiger partial charge on any atom is 0.257 e. The average molecular weight is 337 g/mol. The predicted octanol–water partition coefficient (Wildman–Crippen LogP) is 0.956. The zero-order valence-electron chi connectivity index (χ0n) is 13.0. The second-order valence-electron chi connectivity index (χ2n) is 5.48. The van der Waals surface area contributed by atoms with Crippen LogP contribution in [0.5, 0.6) is 0 Å². The fraction of sp³-hybridized carbons (Fsp3) is 0.400. The highest BCUT2D eigenvalue weighted by Crippen LogP contribution is 2.34. The molecule has 1 amide bonds. The fourth-order valence-corrected chi connectivity index (χ4v) is 3.66. The van der Waals surface area contributed by atoms with E-state index in [-0.39, 0.29) is 17.0 Å². The summed E-state index contributed by atoms with van der Waals surface area (Å²) in [6.07, 6.45) is 3.61. The summed E-state index contributed by atoms with van der Waals surface area (Å²) in [5.74, 6) is -0.235. The minimum Gasteiger partial charge on any atom is -0.362 e. The van der Waals surface area contributed by atoms with Crippen molar-refractivity contribution in [3.05, 3.63) is 30.0 Å². The van der Waals surface area contributed by atoms with Crippen molar-refractivity contribution < 1.29 is 17.9 Å². The lowest BCUT2D eigenvalue weighted by Crippen LogP contribution is -2.26. The number of ether oxygens (including phenoxy) is 1. The standard InChI is InChI=1S/C15H19N3O4S/c1-16-23(20,21)10-5-6-13-11(8-10)12(15(19)17-13)9-18-7-3-4-14(18)22-2/h5-6,8-9,14,16H,3-4,7H2,1-2H3,(H,17,19). The number of amides is 1. The molecule has 2 aliphatic rings. The predicted molar refractivity (Wildman–Crippen MR) is 86.0 cm³/mol. The van der Waals surface area contributed by atoms with Gasteiger partial charge in [0.1, 0.15) is 6.23 Å². The topological polar surface area (TPSA) is 87.7 Å². The van der Waals surface area contributed by atoms with E-state index in [2.05, 4.69) is 10.0 Å². The number of nitrogens with one attached hydrogen (secondary N) is 2. The molecule has 1 aromatic rings. The summed E-state index contributed by atoms with van der Waals surface area (Å²) in [5.41, 5.74) is 1.66. The minimum atomic E-state index is -3.56. The molecule has 0 radical (unpaired) electrons. The molecule has 1 fully saturated rings. The van der Waals surface area contributed by atoms with Crippen LogP contribution in [0.25, 0.3) is 5.57 Å². The Morgan fingerprint density at radius 3 is 2.91 bits per heavy atom. The van der Waals surface area contributed by atoms with E-state index in [4.69, 9.17) is 4.74 Å². The Bertz CT molecular complexity index is 773. The van der Waals surface area contributed by atoms with Gasteiger partial charge in [-0.25, -0.2) is 13.1 Å². The molecule has 1 saturated heterocycles. The average Bonchev–Trinajstić information content (AvgIpc) is 3.11. The summed E-state index contributed by atoms with van der Waals surface area (Å²) in [7, 11) is -0.560. The number of rotatable bonds is 4. The minimum absolute atomic E-state index is 0.0522. The van der Waals surface area contributed by atoms with Crippen molar-refractivity contribution in [3.8, 4) is 0 Å². The molecule has 0 saturated carbocycles. The van der Waals surface area contributed by atoms with Gasteiger partial charge in [-0.3, -0.25) is 4.79 Å². The Hall–Kier alpha value is -1.90. The third kappa shape index (κ3) is 2.85. The molecule has 0 aromatic heterocycles. The van der Waals surface area contributed by atoms with Crippen molar-refractivity contribution in [2.24, 2.45) is 0 Å². The SMILES string of the molecule is CNS(=O)(=O)c1ccc2c(c1)C(=CN1CCCC1OC)C(=O)N2. The molecular weight excluding hydrogens is 318 g/mol. The normalized spacial score (nSPS) is 22.5. The number of carbonyl (C=O) groups is 1. The van der Waals surface area contributed by atoms with Crippen molar-refractivity contribution >= 4 is 27.2 Å². The van der Waals surface area contributed by atoms with Gasteiger partial charge in [0.05, 0.1) is 10.5 Å². The zero-order valence-corrected chi connectivity index (χ0v) is 13.8. The van der Waals surface area contributed by atoms with Gasteiger partial charge < -0.3 is 15.0 Å². The molecule has 23 heavy (non-hydrogen) atoms. The van der Waals surface area contributed by atoms with E-state index in [0.29, 0.717) is 16.8 Å². The summed E-state index contributed by atoms with van der Waals surface area (Å²) < 4.78 is 31.6. The quantitative estimate of drug-likeness (QED) is 0.799. The lowest BCUT2D eigenvalue weighted by molar-refractivity contribution is -0.110. The first-order chi connectivity index (χ1) is 11.0. The van der Waals surface area contributed by atoms with Crippen molar-refractivity contribution in [1.29, 1.82) is 0 Å². The van der Waals surface area contributed by atoms with Crippen LogP contribution < -0.4 is 10.0 Å². The second kappa shape index (κ2) is 5.95. The van der Waals surface area contributed by atoms with Crippen molar-refractivity contribution in [2.75, 3.05) is 26.0 Å². The first-order valence-electron chi connectivity index (χ1n) is 7.36. The lowest BCUT2D eigenvalue weighted by atomic mass is 10.1. The molecule has 0 aliphatic carbocycles. The third-order valence-electron chi connectivity index (χ3n) is 4.16. The van der Waals surface area contributed by atoms with Gasteiger partial charge in [-0.05, 0) is 38.1 Å². The van der Waals surface area contributed by atoms with Crippen LogP contribution in [0.2, 0.25) is 0 Å². The largest absolute Gasteiger partial charge is 0.362 e. The Morgan fingerprint density at radius 1 is 1.43 bits per heavy atom. The Morgan fingerprint density at radius 2 is 2.22 bits per heavy atom. The number of methoxy groups -OCH3 is 1. The first-order valence-corrected chi connectivity index (χ1v) is 8.84. The van der Waals surface area contributed by atoms with Crippen LogP contribution in [0.15, 0.2) is 29.3 Å². The number of anilines is 1. The molecule has 124 valence electrons. The molecule has 0 spiro atoms. The summed E-state index contributed by atoms with van der Waals surface area (Å²) in [6.45, 7) is 0.805. The molecule has 8 heteroatoms. The monoisotopic (exact) mass is 337 g/mol. The molecule has 1 unspecified atom stereocenters. The van der Waals surface area contributed by atoms with Crippen molar-refractivity contribution in [1.82, 2.24) is 9.62 Å². The van der Waals surface area contributed by atoms with Crippen LogP contribution in [0.3, 0.4) is 0 Å². The van der Waals surface area contributed by atoms with Gasteiger partial charge in [0.25, 0.3) is 5.91 Å². The molecule has 3 rings (SSSR count). The highest BCUT2D eigenvalue weighted by molar-refractivity contribution is 7.89. The van der Waals surface area contributed by atoms with Gasteiger partial charge in [0.2, 0.25) is 10.0 Å². The summed E-state index contributed by atoms with van der Waals surface area (Å²) in [4.78, 5) is 14.3. The van der Waals surface area contributed by atoms with E-state index in [1.807, 2.05) is 4.90 Å². The molecular formula is C15H19N3O4S. The fourth-order valence-electron chi connectivity index (χ4n) is 2.91. The van der Waals surface area contributed by atoms with Crippen LogP contribution in [0.4, 0.5) is 5.69 Å². The number of carbonyl (C=O) groups excluding carboxylic acids is 1. The highest BCUT2D eigenvalue weighted by Gasteiger charge is 2.29. The van der Waals surface area contributed by atoms with Crippen LogP contribution in [-0.2, 0) is 19.6 Å². The molecule has 0 bridgehead atoms. The van der Waals surface area contributed by atoms with Crippen LogP contribution in [-0.4, -0.2) is 46.2 Å². The molecule has 2 N–H and O–H groups in total. The van der Waals surface area contributed by atoms with E-state index in [1.54, 1.807) is 19.4 Å². The van der Waals surface area contributed by atoms with E-state index in [1.165, 1.54) is 19.2 Å². The van der Waals surface area contributed by atoms with Crippen molar-refractivity contribution in [3.63, 3.8) is 0 Å². The molecule has 2 aliphatic heterocycles. The summed E-state index contributed by atoms with van der Waals surface area (Å²) in [5, 5.41) is 2.76. The van der Waals surface area contributed by atoms with E-state index in [9.17, 15) is 13.2 Å². The molecule has 1 atom stereocenters. The maximum atomic E-state index is 12.2. The highest BCUT2D eigenvalue weighted by atomic mass is 32.2. The van der Waals surface area contributed by atoms with Crippen LogP contribution >= 0.6 is 0 Å². The number of hydrogen-bond acceptors (Lipinski definition) is 5. The first kappa shape index (κ1) is 16.0. The van der Waals surface area contributed by atoms with Gasteiger partial charge in [-0.15, -0.1) is 0 Å². The molecule has 2 heterocycles. The third-order valence-corrected chi connectivity index (χ3v) is 5.57. The van der Waals surface area contributed by atoms with Gasteiger partial charge in [-0.2, -0.15) is 0 Å². The Labute approximate surface area is 135 Å². The van der Waals surface area contributed by atoms with Crippen LogP contribution in [0.1, 0.15) is 18.4 Å². The van der Waals surface area contributed by atoms with Gasteiger partial charge in [0, 0.05) is 31.1 Å². The zero-order chi connectivity index (χ0) is 16.6. The molecule has 7 nitrogen and oxygen atoms in total. The van der Waals surface area contributed by atoms with E-state index >= 15 is 0 Å². The van der Waals surface area contributed by atoms with E-state index < -0.39 is 10.0 Å². The number of fused-ring (bicyclic) bond motifs is 1. The number of nitrogens with zero attached hydrogens (tertiary/aromatic N) is 1.